The molecule has 0 amide bonds. The zero-order valence-corrected chi connectivity index (χ0v) is 11.5. The van der Waals surface area contributed by atoms with Crippen molar-refractivity contribution in [2.75, 3.05) is 0 Å². The van der Waals surface area contributed by atoms with E-state index in [4.69, 9.17) is 4.42 Å². The average Bonchev–Trinajstić information content (AvgIpc) is 2.55. The number of hydrogen-bond acceptors (Lipinski definition) is 4. The van der Waals surface area contributed by atoms with Crippen molar-refractivity contribution in [3.63, 3.8) is 0 Å². The van der Waals surface area contributed by atoms with Crippen LogP contribution in [0.25, 0.3) is 33.0 Å². The van der Waals surface area contributed by atoms with E-state index < -0.39 is 0 Å². The van der Waals surface area contributed by atoms with Gasteiger partial charge < -0.3 is 9.52 Å². The molecule has 1 N–H and O–H groups in total. The second-order valence-corrected chi connectivity index (χ2v) is 5.04. The number of nitrogens with zero attached hydrogens (tertiary/aromatic N) is 1. The first-order valence-corrected chi connectivity index (χ1v) is 6.83. The van der Waals surface area contributed by atoms with Gasteiger partial charge in [-0.1, -0.05) is 30.3 Å². The Morgan fingerprint density at radius 2 is 1.91 bits per heavy atom. The van der Waals surface area contributed by atoms with E-state index in [0.29, 0.717) is 22.2 Å². The van der Waals surface area contributed by atoms with Gasteiger partial charge >= 0.3 is 0 Å². The minimum atomic E-state index is -0.156. The number of rotatable bonds is 1. The Bertz CT molecular complexity index is 1070. The molecule has 4 nitrogen and oxygen atoms in total. The first-order valence-electron chi connectivity index (χ1n) is 6.83. The van der Waals surface area contributed by atoms with Crippen LogP contribution in [0, 0.1) is 0 Å². The summed E-state index contributed by atoms with van der Waals surface area (Å²) < 4.78 is 5.60. The quantitative estimate of drug-likeness (QED) is 0.542. The van der Waals surface area contributed by atoms with E-state index in [0.717, 1.165) is 10.8 Å². The number of aromatic nitrogens is 1. The normalized spacial score (nSPS) is 11.1. The molecule has 4 heteroatoms. The summed E-state index contributed by atoms with van der Waals surface area (Å²) in [5.41, 5.74) is 1.10. The summed E-state index contributed by atoms with van der Waals surface area (Å²) in [7, 11) is 0. The number of fused-ring (bicyclic) bond motifs is 3. The SMILES string of the molecule is O=c1c(-c2cc(O)ccn2)coc2ccc3ccccc3c12. The van der Waals surface area contributed by atoms with E-state index in [-0.39, 0.29) is 11.2 Å². The Morgan fingerprint density at radius 3 is 2.77 bits per heavy atom. The van der Waals surface area contributed by atoms with Gasteiger partial charge in [-0.3, -0.25) is 9.78 Å². The van der Waals surface area contributed by atoms with Crippen molar-refractivity contribution in [2.24, 2.45) is 0 Å². The van der Waals surface area contributed by atoms with Crippen LogP contribution in [0.2, 0.25) is 0 Å². The zero-order chi connectivity index (χ0) is 15.1. The van der Waals surface area contributed by atoms with Gasteiger partial charge in [0.2, 0.25) is 5.43 Å². The van der Waals surface area contributed by atoms with Crippen molar-refractivity contribution in [3.8, 4) is 17.0 Å². The highest BCUT2D eigenvalue weighted by Crippen LogP contribution is 2.26. The number of pyridine rings is 1. The third-order valence-corrected chi connectivity index (χ3v) is 3.69. The van der Waals surface area contributed by atoms with Gasteiger partial charge in [-0.05, 0) is 22.9 Å². The summed E-state index contributed by atoms with van der Waals surface area (Å²) in [6.07, 6.45) is 2.85. The van der Waals surface area contributed by atoms with E-state index in [2.05, 4.69) is 4.98 Å². The van der Waals surface area contributed by atoms with Gasteiger partial charge in [0.05, 0.1) is 16.6 Å². The molecule has 4 rings (SSSR count). The highest BCUT2D eigenvalue weighted by molar-refractivity contribution is 6.06. The Hall–Kier alpha value is -3.14. The van der Waals surface area contributed by atoms with Crippen molar-refractivity contribution in [1.82, 2.24) is 4.98 Å². The van der Waals surface area contributed by atoms with Gasteiger partial charge in [0.15, 0.2) is 0 Å². The lowest BCUT2D eigenvalue weighted by Crippen LogP contribution is -2.06. The predicted octanol–water partition coefficient (Wildman–Crippen LogP) is 3.71. The zero-order valence-electron chi connectivity index (χ0n) is 11.5. The van der Waals surface area contributed by atoms with Crippen LogP contribution in [0.1, 0.15) is 0 Å². The van der Waals surface area contributed by atoms with Gasteiger partial charge in [0, 0.05) is 12.3 Å². The van der Waals surface area contributed by atoms with Gasteiger partial charge in [0.25, 0.3) is 0 Å². The molecule has 0 saturated carbocycles. The number of aromatic hydroxyl groups is 1. The smallest absolute Gasteiger partial charge is 0.202 e. The molecule has 106 valence electrons. The first-order chi connectivity index (χ1) is 10.7. The molecule has 0 spiro atoms. The molecule has 0 bridgehead atoms. The summed E-state index contributed by atoms with van der Waals surface area (Å²) in [5.74, 6) is 0.0578. The lowest BCUT2D eigenvalue weighted by Gasteiger charge is -2.05. The lowest BCUT2D eigenvalue weighted by molar-refractivity contribution is 0.475. The molecule has 0 unspecified atom stereocenters. The van der Waals surface area contributed by atoms with E-state index in [1.807, 2.05) is 30.3 Å². The molecule has 0 aliphatic heterocycles. The molecule has 0 aliphatic rings. The largest absolute Gasteiger partial charge is 0.508 e. The van der Waals surface area contributed by atoms with Crippen molar-refractivity contribution in [2.45, 2.75) is 0 Å². The Morgan fingerprint density at radius 1 is 1.05 bits per heavy atom. The Labute approximate surface area is 125 Å². The molecule has 0 saturated heterocycles. The predicted molar refractivity (Wildman–Crippen MR) is 84.9 cm³/mol. The summed E-state index contributed by atoms with van der Waals surface area (Å²) >= 11 is 0. The van der Waals surface area contributed by atoms with Crippen LogP contribution >= 0.6 is 0 Å². The second kappa shape index (κ2) is 4.70. The van der Waals surface area contributed by atoms with Gasteiger partial charge in [-0.2, -0.15) is 0 Å². The van der Waals surface area contributed by atoms with Crippen LogP contribution in [0.5, 0.6) is 5.75 Å². The summed E-state index contributed by atoms with van der Waals surface area (Å²) in [5, 5.41) is 11.9. The number of hydrogen-bond donors (Lipinski definition) is 1. The van der Waals surface area contributed by atoms with Crippen LogP contribution in [0.15, 0.2) is 70.2 Å². The monoisotopic (exact) mass is 289 g/mol. The van der Waals surface area contributed by atoms with Crippen molar-refractivity contribution >= 4 is 21.7 Å². The maximum Gasteiger partial charge on any atom is 0.202 e. The molecule has 0 radical (unpaired) electrons. The summed E-state index contributed by atoms with van der Waals surface area (Å²) in [6.45, 7) is 0. The fraction of sp³-hybridized carbons (Fsp3) is 0. The summed E-state index contributed by atoms with van der Waals surface area (Å²) in [4.78, 5) is 17.0. The van der Waals surface area contributed by atoms with Gasteiger partial charge in [0.1, 0.15) is 17.6 Å². The molecule has 4 aromatic rings. The molecular weight excluding hydrogens is 278 g/mol. The Balaban J connectivity index is 2.13. The van der Waals surface area contributed by atoms with E-state index >= 15 is 0 Å². The van der Waals surface area contributed by atoms with Crippen LogP contribution in [0.3, 0.4) is 0 Å². The molecule has 2 aromatic heterocycles. The average molecular weight is 289 g/mol. The van der Waals surface area contributed by atoms with E-state index in [1.165, 1.54) is 24.6 Å². The fourth-order valence-electron chi connectivity index (χ4n) is 2.64. The molecule has 2 heterocycles. The highest BCUT2D eigenvalue weighted by Gasteiger charge is 2.13. The lowest BCUT2D eigenvalue weighted by atomic mass is 10.0. The van der Waals surface area contributed by atoms with Crippen molar-refractivity contribution < 1.29 is 9.52 Å². The minimum absolute atomic E-state index is 0.0578. The number of benzene rings is 2. The van der Waals surface area contributed by atoms with Crippen molar-refractivity contribution in [3.05, 3.63) is 71.2 Å². The fourth-order valence-corrected chi connectivity index (χ4v) is 2.64. The third-order valence-electron chi connectivity index (χ3n) is 3.69. The third kappa shape index (κ3) is 1.85. The molecule has 0 atom stereocenters. The van der Waals surface area contributed by atoms with E-state index in [9.17, 15) is 9.90 Å². The Kier molecular flexibility index (Phi) is 2.69. The molecular formula is C18H11NO3. The highest BCUT2D eigenvalue weighted by atomic mass is 16.3. The molecule has 2 aromatic carbocycles. The van der Waals surface area contributed by atoms with Gasteiger partial charge in [-0.15, -0.1) is 0 Å². The molecule has 22 heavy (non-hydrogen) atoms. The minimum Gasteiger partial charge on any atom is -0.508 e. The maximum absolute atomic E-state index is 12.9. The molecule has 0 fully saturated rings. The first kappa shape index (κ1) is 12.6. The van der Waals surface area contributed by atoms with Crippen LogP contribution in [-0.2, 0) is 0 Å². The van der Waals surface area contributed by atoms with Crippen LogP contribution < -0.4 is 5.43 Å². The second-order valence-electron chi connectivity index (χ2n) is 5.04. The standard InChI is InChI=1S/C18H11NO3/c20-12-7-8-19-15(9-12)14-10-22-16-6-5-11-3-1-2-4-13(11)17(16)18(14)21/h1-10H,(H,19,20). The van der Waals surface area contributed by atoms with Gasteiger partial charge in [-0.25, -0.2) is 0 Å². The molecule has 0 aliphatic carbocycles. The topological polar surface area (TPSA) is 63.3 Å². The van der Waals surface area contributed by atoms with E-state index in [1.54, 1.807) is 6.07 Å². The van der Waals surface area contributed by atoms with Crippen molar-refractivity contribution in [1.29, 1.82) is 0 Å². The van der Waals surface area contributed by atoms with Crippen LogP contribution in [0.4, 0.5) is 0 Å². The summed E-state index contributed by atoms with van der Waals surface area (Å²) in [6, 6.07) is 14.3. The maximum atomic E-state index is 12.9. The van der Waals surface area contributed by atoms with Crippen LogP contribution in [-0.4, -0.2) is 10.1 Å².